The molecule has 0 fully saturated rings. The van der Waals surface area contributed by atoms with E-state index in [0.29, 0.717) is 6.42 Å². The van der Waals surface area contributed by atoms with Gasteiger partial charge < -0.3 is 15.4 Å². The van der Waals surface area contributed by atoms with Crippen molar-refractivity contribution in [2.75, 3.05) is 13.2 Å². The zero-order valence-electron chi connectivity index (χ0n) is 10.0. The summed E-state index contributed by atoms with van der Waals surface area (Å²) in [4.78, 5) is 4.27. The number of thiophene rings is 1. The number of aliphatic hydroxyl groups excluding tert-OH is 1. The molecule has 2 aromatic rings. The molecule has 18 heavy (non-hydrogen) atoms. The van der Waals surface area contributed by atoms with Crippen molar-refractivity contribution >= 4 is 21.6 Å². The van der Waals surface area contributed by atoms with Gasteiger partial charge in [-0.2, -0.15) is 0 Å². The Hall–Kier alpha value is -0.980. The minimum absolute atomic E-state index is 0.0682. The number of aliphatic hydroxyl groups is 1. The van der Waals surface area contributed by atoms with E-state index in [4.69, 9.17) is 5.11 Å². The summed E-state index contributed by atoms with van der Waals surface area (Å²) >= 11 is 1.63. The van der Waals surface area contributed by atoms with Gasteiger partial charge in [0.05, 0.1) is 11.4 Å². The van der Waals surface area contributed by atoms with E-state index in [1.54, 1.807) is 11.3 Å². The van der Waals surface area contributed by atoms with Gasteiger partial charge in [0.1, 0.15) is 6.61 Å². The van der Waals surface area contributed by atoms with Gasteiger partial charge in [-0.1, -0.05) is 0 Å². The van der Waals surface area contributed by atoms with Crippen molar-refractivity contribution in [3.63, 3.8) is 0 Å². The van der Waals surface area contributed by atoms with Crippen LogP contribution in [-0.2, 0) is 6.42 Å². The van der Waals surface area contributed by atoms with Crippen molar-refractivity contribution in [1.82, 2.24) is 10.3 Å². The normalized spacial score (nSPS) is 14.2. The second-order valence-corrected chi connectivity index (χ2v) is 5.39. The molecule has 0 aliphatic rings. The molecule has 1 unspecified atom stereocenters. The average Bonchev–Trinajstić information content (AvgIpc) is 2.92. The number of nitrogens with one attached hydrogen (secondary N) is 2. The van der Waals surface area contributed by atoms with Crippen molar-refractivity contribution in [1.29, 1.82) is 0 Å². The Balaban J connectivity index is 1.92. The maximum Gasteiger partial charge on any atom is 0.282 e. The van der Waals surface area contributed by atoms with Crippen molar-refractivity contribution in [2.24, 2.45) is 0 Å². The third-order valence-electron chi connectivity index (χ3n) is 2.86. The molecular formula is C12H16F2N2OS. The second-order valence-electron chi connectivity index (χ2n) is 4.48. The molecule has 2 heterocycles. The third kappa shape index (κ3) is 3.07. The monoisotopic (exact) mass is 274 g/mol. The average molecular weight is 274 g/mol. The zero-order valence-corrected chi connectivity index (χ0v) is 10.9. The Bertz CT molecular complexity index is 509. The van der Waals surface area contributed by atoms with Gasteiger partial charge in [0, 0.05) is 17.6 Å². The number of hydrogen-bond acceptors (Lipinski definition) is 3. The molecule has 0 saturated heterocycles. The number of halogens is 2. The first-order valence-corrected chi connectivity index (χ1v) is 6.65. The van der Waals surface area contributed by atoms with Gasteiger partial charge in [-0.25, -0.2) is 8.78 Å². The van der Waals surface area contributed by atoms with Crippen LogP contribution in [0.2, 0.25) is 0 Å². The van der Waals surface area contributed by atoms with Crippen LogP contribution in [-0.4, -0.2) is 35.2 Å². The van der Waals surface area contributed by atoms with Crippen molar-refractivity contribution < 1.29 is 13.9 Å². The van der Waals surface area contributed by atoms with Crippen molar-refractivity contribution in [3.8, 4) is 0 Å². The van der Waals surface area contributed by atoms with E-state index in [0.717, 1.165) is 15.8 Å². The predicted octanol–water partition coefficient (Wildman–Crippen LogP) is 2.38. The summed E-state index contributed by atoms with van der Waals surface area (Å²) < 4.78 is 25.8. The van der Waals surface area contributed by atoms with Gasteiger partial charge in [0.15, 0.2) is 0 Å². The van der Waals surface area contributed by atoms with Crippen LogP contribution in [0, 0.1) is 0 Å². The van der Waals surface area contributed by atoms with Gasteiger partial charge in [0.25, 0.3) is 5.92 Å². The Morgan fingerprint density at radius 3 is 3.06 bits per heavy atom. The molecule has 3 nitrogen and oxygen atoms in total. The van der Waals surface area contributed by atoms with Gasteiger partial charge in [-0.05, 0) is 30.4 Å². The Morgan fingerprint density at radius 2 is 2.33 bits per heavy atom. The molecule has 0 aliphatic carbocycles. The lowest BCUT2D eigenvalue weighted by atomic mass is 10.1. The highest BCUT2D eigenvalue weighted by molar-refractivity contribution is 7.16. The van der Waals surface area contributed by atoms with Crippen molar-refractivity contribution in [3.05, 3.63) is 23.2 Å². The number of H-pyrrole nitrogens is 1. The standard InChI is InChI=1S/C12H16F2N2OS/c1-8(16-6-12(13,14)7-17)4-9-5-15-11-10(9)2-3-18-11/h2-3,5,8,15-17H,4,6-7H2,1H3. The topological polar surface area (TPSA) is 48.0 Å². The fourth-order valence-corrected chi connectivity index (χ4v) is 2.65. The minimum atomic E-state index is -3.05. The fourth-order valence-electron chi connectivity index (χ4n) is 1.85. The van der Waals surface area contributed by atoms with E-state index in [9.17, 15) is 8.78 Å². The van der Waals surface area contributed by atoms with Crippen LogP contribution in [0.4, 0.5) is 8.78 Å². The quantitative estimate of drug-likeness (QED) is 0.757. The SMILES string of the molecule is CC(Cc1c[nH]c2sccc12)NCC(F)(F)CO. The lowest BCUT2D eigenvalue weighted by Gasteiger charge is -2.18. The Morgan fingerprint density at radius 1 is 1.56 bits per heavy atom. The number of aromatic amines is 1. The molecule has 0 spiro atoms. The van der Waals surface area contributed by atoms with Gasteiger partial charge in [-0.3, -0.25) is 0 Å². The molecule has 0 aromatic carbocycles. The van der Waals surface area contributed by atoms with Crippen LogP contribution in [0.25, 0.3) is 10.2 Å². The molecule has 3 N–H and O–H groups in total. The summed E-state index contributed by atoms with van der Waals surface area (Å²) in [7, 11) is 0. The van der Waals surface area contributed by atoms with E-state index in [-0.39, 0.29) is 6.04 Å². The molecule has 1 atom stereocenters. The smallest absolute Gasteiger partial charge is 0.282 e. The molecule has 6 heteroatoms. The van der Waals surface area contributed by atoms with E-state index in [2.05, 4.69) is 10.3 Å². The second kappa shape index (κ2) is 5.34. The van der Waals surface area contributed by atoms with E-state index in [1.165, 1.54) is 0 Å². The van der Waals surface area contributed by atoms with E-state index in [1.807, 2.05) is 24.6 Å². The Kier molecular flexibility index (Phi) is 3.99. The summed E-state index contributed by atoms with van der Waals surface area (Å²) in [6, 6.07) is 1.96. The van der Waals surface area contributed by atoms with Crippen LogP contribution < -0.4 is 5.32 Å². The van der Waals surface area contributed by atoms with Crippen LogP contribution in [0.15, 0.2) is 17.6 Å². The molecule has 100 valence electrons. The highest BCUT2D eigenvalue weighted by Gasteiger charge is 2.27. The fraction of sp³-hybridized carbons (Fsp3) is 0.500. The van der Waals surface area contributed by atoms with Gasteiger partial charge in [0.2, 0.25) is 0 Å². The highest BCUT2D eigenvalue weighted by Crippen LogP contribution is 2.24. The van der Waals surface area contributed by atoms with Gasteiger partial charge in [-0.15, -0.1) is 11.3 Å². The maximum absolute atomic E-state index is 12.9. The molecule has 0 aliphatic heterocycles. The van der Waals surface area contributed by atoms with Crippen LogP contribution in [0.3, 0.4) is 0 Å². The Labute approximate surface area is 108 Å². The predicted molar refractivity (Wildman–Crippen MR) is 69.4 cm³/mol. The molecule has 0 amide bonds. The highest BCUT2D eigenvalue weighted by atomic mass is 32.1. The molecule has 0 radical (unpaired) electrons. The number of fused-ring (bicyclic) bond motifs is 1. The van der Waals surface area contributed by atoms with Crippen molar-refractivity contribution in [2.45, 2.75) is 25.3 Å². The van der Waals surface area contributed by atoms with Gasteiger partial charge >= 0.3 is 0 Å². The van der Waals surface area contributed by atoms with Crippen LogP contribution in [0.1, 0.15) is 12.5 Å². The first-order valence-electron chi connectivity index (χ1n) is 5.77. The van der Waals surface area contributed by atoms with E-state index >= 15 is 0 Å². The third-order valence-corrected chi connectivity index (χ3v) is 3.70. The molecular weight excluding hydrogens is 258 g/mol. The number of aromatic nitrogens is 1. The summed E-state index contributed by atoms with van der Waals surface area (Å²) in [5.74, 6) is -3.05. The maximum atomic E-state index is 12.9. The molecule has 2 aromatic heterocycles. The minimum Gasteiger partial charge on any atom is -0.390 e. The molecule has 0 bridgehead atoms. The number of alkyl halides is 2. The van der Waals surface area contributed by atoms with E-state index < -0.39 is 19.1 Å². The summed E-state index contributed by atoms with van der Waals surface area (Å²) in [5, 5.41) is 14.4. The largest absolute Gasteiger partial charge is 0.390 e. The van der Waals surface area contributed by atoms with Crippen LogP contribution in [0.5, 0.6) is 0 Å². The first-order chi connectivity index (χ1) is 8.52. The number of rotatable bonds is 6. The zero-order chi connectivity index (χ0) is 13.2. The summed E-state index contributed by atoms with van der Waals surface area (Å²) in [6.07, 6.45) is 2.60. The van der Waals surface area contributed by atoms with Crippen LogP contribution >= 0.6 is 11.3 Å². The summed E-state index contributed by atoms with van der Waals surface area (Å²) in [6.45, 7) is 0.242. The molecule has 2 rings (SSSR count). The lowest BCUT2D eigenvalue weighted by Crippen LogP contribution is -2.40. The number of hydrogen-bond donors (Lipinski definition) is 3. The lowest BCUT2D eigenvalue weighted by molar-refractivity contribution is -0.0490. The summed E-state index contributed by atoms with van der Waals surface area (Å²) in [5.41, 5.74) is 1.12. The first kappa shape index (κ1) is 13.5. The molecule has 0 saturated carbocycles.